The Balaban J connectivity index is 4.04. The molecule has 0 N–H and O–H groups in total. The topological polar surface area (TPSA) is 140 Å². The van der Waals surface area contributed by atoms with Gasteiger partial charge in [0.05, 0.1) is 0 Å². The molecule has 0 saturated carbocycles. The van der Waals surface area contributed by atoms with E-state index in [1.54, 1.807) is 62.3 Å². The molecule has 1 heterocycles. The zero-order valence-corrected chi connectivity index (χ0v) is 32.1. The summed E-state index contributed by atoms with van der Waals surface area (Å²) in [6, 6.07) is -3.34. The second-order valence-corrected chi connectivity index (χ2v) is 14.6. The molecule has 48 heavy (non-hydrogen) atoms. The van der Waals surface area contributed by atoms with E-state index in [0.717, 1.165) is 0 Å². The number of cyclic esters (lactones) is 3. The Morgan fingerprint density at radius 3 is 0.792 bits per heavy atom. The van der Waals surface area contributed by atoms with E-state index in [1.165, 1.54) is 35.8 Å². The Hall–Kier alpha value is -3.18. The average Bonchev–Trinajstić information content (AvgIpc) is 3.01. The highest BCUT2D eigenvalue weighted by Crippen LogP contribution is 2.27. The van der Waals surface area contributed by atoms with Gasteiger partial charge >= 0.3 is 17.9 Å². The maximum atomic E-state index is 14.1. The monoisotopic (exact) mass is 687 g/mol. The number of ether oxygens (including phenoxy) is 3. The van der Waals surface area contributed by atoms with Gasteiger partial charge in [-0.15, -0.1) is 0 Å². The molecular formula is C36H63N3O9. The van der Waals surface area contributed by atoms with Crippen molar-refractivity contribution in [3.8, 4) is 0 Å². The van der Waals surface area contributed by atoms with Crippen molar-refractivity contribution in [2.24, 2.45) is 35.5 Å². The van der Waals surface area contributed by atoms with Gasteiger partial charge in [0.25, 0.3) is 17.7 Å². The average molecular weight is 688 g/mol. The van der Waals surface area contributed by atoms with Crippen LogP contribution in [0.3, 0.4) is 0 Å². The molecule has 276 valence electrons. The molecular weight excluding hydrogens is 624 g/mol. The quantitative estimate of drug-likeness (QED) is 0.256. The van der Waals surface area contributed by atoms with Crippen LogP contribution in [0.25, 0.3) is 0 Å². The minimum Gasteiger partial charge on any atom is -0.450 e. The summed E-state index contributed by atoms with van der Waals surface area (Å²) in [5, 5.41) is 0. The van der Waals surface area contributed by atoms with E-state index in [4.69, 9.17) is 14.2 Å². The predicted octanol–water partition coefficient (Wildman–Crippen LogP) is 4.32. The van der Waals surface area contributed by atoms with Crippen LogP contribution in [0.1, 0.15) is 102 Å². The summed E-state index contributed by atoms with van der Waals surface area (Å²) in [7, 11) is 4.37. The summed E-state index contributed by atoms with van der Waals surface area (Å²) >= 11 is 0. The van der Waals surface area contributed by atoms with Gasteiger partial charge in [0.2, 0.25) is 0 Å². The van der Waals surface area contributed by atoms with Crippen LogP contribution in [-0.2, 0) is 43.0 Å². The standard InChI is InChI=1S/C36H63N3O9/c1-16-22(10)28-31(40)37(13)26(20(6)7)35(44)47-30(24(12)18-3)33(42)39(15)27(21(8)9)36(45)48-29(23(11)17-2)32(41)38(14)25(19(4)5)34(43)46-28/h19-30H,16-18H2,1-15H3/t22?,23?,24?,25-,26-,27-,28+,29+,30?/m0/s1/i13+2,14+2,15+2. The summed E-state index contributed by atoms with van der Waals surface area (Å²) in [5.41, 5.74) is 0. The van der Waals surface area contributed by atoms with Crippen LogP contribution in [0.4, 0.5) is 0 Å². The minimum atomic E-state index is -1.27. The van der Waals surface area contributed by atoms with Crippen LogP contribution in [0.5, 0.6) is 0 Å². The van der Waals surface area contributed by atoms with E-state index >= 15 is 0 Å². The highest BCUT2D eigenvalue weighted by molar-refractivity contribution is 5.94. The lowest BCUT2D eigenvalue weighted by Crippen LogP contribution is -2.58. The fraction of sp³-hybridized carbons (Fsp3) is 0.833. The van der Waals surface area contributed by atoms with E-state index in [0.29, 0.717) is 19.3 Å². The molecule has 0 aromatic heterocycles. The zero-order chi connectivity index (χ0) is 37.4. The lowest BCUT2D eigenvalue weighted by atomic mass is 9.96. The molecule has 4 unspecified atom stereocenters. The highest BCUT2D eigenvalue weighted by Gasteiger charge is 2.45. The van der Waals surface area contributed by atoms with Crippen molar-refractivity contribution in [1.29, 1.82) is 0 Å². The lowest BCUT2D eigenvalue weighted by molar-refractivity contribution is -0.182. The number of carbonyl (C=O) groups excluding carboxylic acids is 6. The van der Waals surface area contributed by atoms with Crippen molar-refractivity contribution in [2.45, 2.75) is 139 Å². The third kappa shape index (κ3) is 9.94. The normalized spacial score (nSPS) is 28.2. The van der Waals surface area contributed by atoms with Crippen molar-refractivity contribution >= 4 is 35.6 Å². The van der Waals surface area contributed by atoms with Crippen molar-refractivity contribution in [3.05, 3.63) is 0 Å². The lowest BCUT2D eigenvalue weighted by Gasteiger charge is -2.39. The smallest absolute Gasteiger partial charge is 0.329 e. The Kier molecular flexibility index (Phi) is 16.6. The summed E-state index contributed by atoms with van der Waals surface area (Å²) in [4.78, 5) is 87.8. The Labute approximate surface area is 288 Å². The summed E-state index contributed by atoms with van der Waals surface area (Å²) in [5.74, 6) is -6.73. The molecule has 0 aromatic carbocycles. The van der Waals surface area contributed by atoms with Crippen LogP contribution in [0.2, 0.25) is 0 Å². The van der Waals surface area contributed by atoms with Crippen molar-refractivity contribution in [2.75, 3.05) is 21.1 Å². The molecule has 12 nitrogen and oxygen atoms in total. The molecule has 0 aromatic rings. The molecule has 3 amide bonds. The van der Waals surface area contributed by atoms with E-state index in [-0.39, 0.29) is 0 Å². The molecule has 1 aliphatic heterocycles. The van der Waals surface area contributed by atoms with Gasteiger partial charge in [0.15, 0.2) is 18.3 Å². The van der Waals surface area contributed by atoms with Gasteiger partial charge in [-0.2, -0.15) is 0 Å². The van der Waals surface area contributed by atoms with Crippen LogP contribution >= 0.6 is 0 Å². The van der Waals surface area contributed by atoms with Gasteiger partial charge < -0.3 is 28.9 Å². The number of rotatable bonds is 9. The predicted molar refractivity (Wildman–Crippen MR) is 182 cm³/mol. The van der Waals surface area contributed by atoms with Gasteiger partial charge in [-0.25, -0.2) is 14.4 Å². The molecule has 0 aliphatic carbocycles. The first kappa shape index (κ1) is 42.8. The van der Waals surface area contributed by atoms with Gasteiger partial charge in [-0.3, -0.25) is 14.4 Å². The van der Waals surface area contributed by atoms with Crippen LogP contribution in [0.15, 0.2) is 0 Å². The third-order valence-corrected chi connectivity index (χ3v) is 9.86. The van der Waals surface area contributed by atoms with E-state index < -0.39 is 108 Å². The fourth-order valence-electron chi connectivity index (χ4n) is 6.10. The molecule has 0 spiro atoms. The first-order chi connectivity index (χ1) is 22.2. The number of amides is 3. The van der Waals surface area contributed by atoms with Crippen LogP contribution < -0.4 is 0 Å². The number of hydrogen-bond acceptors (Lipinski definition) is 9. The number of esters is 3. The van der Waals surface area contributed by atoms with Gasteiger partial charge in [-0.05, 0) is 37.0 Å². The maximum absolute atomic E-state index is 14.1. The molecule has 1 saturated heterocycles. The summed E-state index contributed by atoms with van der Waals surface area (Å²) in [6.45, 7) is 21.4. The third-order valence-electron chi connectivity index (χ3n) is 9.86. The van der Waals surface area contributed by atoms with Crippen LogP contribution in [0, 0.1) is 35.5 Å². The van der Waals surface area contributed by atoms with Gasteiger partial charge in [0.1, 0.15) is 18.1 Å². The first-order valence-electron chi connectivity index (χ1n) is 17.6. The Morgan fingerprint density at radius 1 is 0.458 bits per heavy atom. The first-order valence-corrected chi connectivity index (χ1v) is 17.6. The second kappa shape index (κ2) is 18.5. The molecule has 1 aliphatic rings. The van der Waals surface area contributed by atoms with Gasteiger partial charge in [0, 0.05) is 38.9 Å². The molecule has 0 radical (unpaired) electrons. The SMILES string of the molecule is CCC(C)C1OC(=O)[C@H](C(C)C)N([14CH3])C(=O)[C@@H](C(C)CC)OC(=O)[C@H](C(C)C)N([14CH3])C(=O)[C@@H](C(C)CC)OC(=O)[C@H](C(C)C)N([14CH3])C1=O. The fourth-order valence-corrected chi connectivity index (χ4v) is 6.10. The van der Waals surface area contributed by atoms with Crippen LogP contribution in [-0.4, -0.2) is 108 Å². The van der Waals surface area contributed by atoms with Crippen molar-refractivity contribution < 1.29 is 43.0 Å². The van der Waals surface area contributed by atoms with Gasteiger partial charge in [-0.1, -0.05) is 83.1 Å². The zero-order valence-electron chi connectivity index (χ0n) is 32.1. The van der Waals surface area contributed by atoms with Crippen molar-refractivity contribution in [3.63, 3.8) is 0 Å². The molecule has 1 rings (SSSR count). The largest absolute Gasteiger partial charge is 0.450 e. The number of nitrogens with zero attached hydrogens (tertiary/aromatic N) is 3. The summed E-state index contributed by atoms with van der Waals surface area (Å²) in [6.07, 6.45) is -2.35. The molecule has 12 heteroatoms. The number of carbonyl (C=O) groups is 6. The molecule has 0 bridgehead atoms. The highest BCUT2D eigenvalue weighted by atomic mass is 16.6. The Bertz CT molecular complexity index is 1000. The van der Waals surface area contributed by atoms with E-state index in [1.807, 2.05) is 20.8 Å². The molecule has 9 atom stereocenters. The van der Waals surface area contributed by atoms with Crippen molar-refractivity contribution in [1.82, 2.24) is 14.7 Å². The summed E-state index contributed by atoms with van der Waals surface area (Å²) < 4.78 is 17.8. The maximum Gasteiger partial charge on any atom is 0.329 e. The second-order valence-electron chi connectivity index (χ2n) is 14.6. The number of hydrogen-bond donors (Lipinski definition) is 0. The Morgan fingerprint density at radius 2 is 0.646 bits per heavy atom. The molecule has 1 fully saturated rings. The minimum absolute atomic E-state index is 0.432. The van der Waals surface area contributed by atoms with E-state index in [9.17, 15) is 28.8 Å². The number of likely N-dealkylation sites (N-methyl/N-ethyl adjacent to an activating group) is 3. The van der Waals surface area contributed by atoms with E-state index in [2.05, 4.69) is 0 Å².